The van der Waals surface area contributed by atoms with Crippen molar-refractivity contribution in [2.24, 2.45) is 0 Å². The predicted molar refractivity (Wildman–Crippen MR) is 138 cm³/mol. The molecule has 3 heterocycles. The van der Waals surface area contributed by atoms with E-state index in [1.807, 2.05) is 39.1 Å². The topological polar surface area (TPSA) is 91.8 Å². The Hall–Kier alpha value is -2.01. The van der Waals surface area contributed by atoms with E-state index in [1.54, 1.807) is 11.1 Å². The van der Waals surface area contributed by atoms with Gasteiger partial charge in [-0.05, 0) is 75.6 Å². The molecule has 1 aromatic carbocycles. The van der Waals surface area contributed by atoms with Gasteiger partial charge in [0, 0.05) is 43.8 Å². The number of benzene rings is 1. The first-order valence-electron chi connectivity index (χ1n) is 12.3. The van der Waals surface area contributed by atoms with E-state index in [0.717, 1.165) is 66.2 Å². The van der Waals surface area contributed by atoms with E-state index in [2.05, 4.69) is 14.6 Å². The van der Waals surface area contributed by atoms with Gasteiger partial charge in [-0.25, -0.2) is 18.1 Å². The Morgan fingerprint density at radius 1 is 1.06 bits per heavy atom. The van der Waals surface area contributed by atoms with E-state index in [-0.39, 0.29) is 18.6 Å². The molecule has 1 amide bonds. The highest BCUT2D eigenvalue weighted by Gasteiger charge is 2.31. The summed E-state index contributed by atoms with van der Waals surface area (Å²) in [4.78, 5) is 21.6. The van der Waals surface area contributed by atoms with Gasteiger partial charge in [0.1, 0.15) is 6.10 Å². The molecule has 2 aliphatic rings. The van der Waals surface area contributed by atoms with Crippen LogP contribution in [0, 0.1) is 27.7 Å². The molecule has 0 bridgehead atoms. The van der Waals surface area contributed by atoms with Crippen LogP contribution in [0.3, 0.4) is 0 Å². The van der Waals surface area contributed by atoms with Crippen LogP contribution in [0.25, 0.3) is 0 Å². The number of sulfonamides is 1. The second kappa shape index (κ2) is 10.9. The van der Waals surface area contributed by atoms with Crippen molar-refractivity contribution < 1.29 is 17.9 Å². The van der Waals surface area contributed by atoms with Crippen molar-refractivity contribution in [3.05, 3.63) is 39.9 Å². The van der Waals surface area contributed by atoms with Crippen LogP contribution < -0.4 is 9.46 Å². The van der Waals surface area contributed by atoms with Crippen LogP contribution >= 0.6 is 11.3 Å². The fraction of sp³-hybridized carbons (Fsp3) is 0.600. The van der Waals surface area contributed by atoms with Crippen molar-refractivity contribution in [3.63, 3.8) is 0 Å². The van der Waals surface area contributed by atoms with Crippen LogP contribution in [0.1, 0.15) is 47.9 Å². The van der Waals surface area contributed by atoms with E-state index in [4.69, 9.17) is 4.74 Å². The van der Waals surface area contributed by atoms with E-state index in [0.29, 0.717) is 24.0 Å². The number of ether oxygens (including phenoxy) is 1. The van der Waals surface area contributed by atoms with Gasteiger partial charge in [0.2, 0.25) is 15.9 Å². The van der Waals surface area contributed by atoms with E-state index in [1.165, 1.54) is 11.3 Å². The number of piperidine rings is 2. The predicted octanol–water partition coefficient (Wildman–Crippen LogP) is 3.19. The number of likely N-dealkylation sites (tertiary alicyclic amines) is 2. The van der Waals surface area contributed by atoms with Crippen LogP contribution in [0.4, 0.5) is 0 Å². The second-order valence-electron chi connectivity index (χ2n) is 9.68. The molecule has 2 aliphatic heterocycles. The van der Waals surface area contributed by atoms with Crippen LogP contribution in [-0.4, -0.2) is 74.0 Å². The lowest BCUT2D eigenvalue weighted by molar-refractivity contribution is -0.131. The Morgan fingerprint density at radius 2 is 1.69 bits per heavy atom. The average Bonchev–Trinajstić information content (AvgIpc) is 3.35. The molecule has 1 aromatic heterocycles. The third-order valence-electron chi connectivity index (χ3n) is 7.47. The molecule has 35 heavy (non-hydrogen) atoms. The Labute approximate surface area is 212 Å². The van der Waals surface area contributed by atoms with Crippen molar-refractivity contribution in [2.45, 2.75) is 70.4 Å². The lowest BCUT2D eigenvalue weighted by Crippen LogP contribution is -2.51. The fourth-order valence-electron chi connectivity index (χ4n) is 5.17. The Bertz CT molecular complexity index is 1110. The molecule has 192 valence electrons. The molecule has 0 unspecified atom stereocenters. The minimum atomic E-state index is -3.77. The molecule has 2 saturated heterocycles. The fourth-order valence-corrected chi connectivity index (χ4v) is 7.31. The van der Waals surface area contributed by atoms with Gasteiger partial charge in [0.25, 0.3) is 5.19 Å². The zero-order valence-electron chi connectivity index (χ0n) is 21.0. The maximum atomic E-state index is 13.0. The van der Waals surface area contributed by atoms with Crippen molar-refractivity contribution in [3.8, 4) is 5.19 Å². The third kappa shape index (κ3) is 6.04. The first kappa shape index (κ1) is 26.1. The first-order chi connectivity index (χ1) is 16.7. The van der Waals surface area contributed by atoms with Crippen molar-refractivity contribution in [2.75, 3.05) is 32.7 Å². The van der Waals surface area contributed by atoms with Gasteiger partial charge in [-0.2, -0.15) is 0 Å². The number of carbonyl (C=O) groups is 1. The van der Waals surface area contributed by atoms with E-state index in [9.17, 15) is 13.2 Å². The molecule has 1 N–H and O–H groups in total. The smallest absolute Gasteiger partial charge is 0.273 e. The SMILES string of the molecule is Cc1cc(C)c(C)c(S(=O)(=O)NCC(=O)N2CCC(N3CCC(Oc4nccs4)CC3)CC2)c1C. The summed E-state index contributed by atoms with van der Waals surface area (Å²) >= 11 is 1.53. The minimum Gasteiger partial charge on any atom is -0.467 e. The highest BCUT2D eigenvalue weighted by atomic mass is 32.2. The molecule has 0 radical (unpaired) electrons. The van der Waals surface area contributed by atoms with Gasteiger partial charge in [-0.1, -0.05) is 17.4 Å². The van der Waals surface area contributed by atoms with Crippen LogP contribution in [0.15, 0.2) is 22.5 Å². The van der Waals surface area contributed by atoms with Gasteiger partial charge in [-0.3, -0.25) is 9.69 Å². The third-order valence-corrected chi connectivity index (χ3v) is 9.80. The molecule has 0 spiro atoms. The highest BCUT2D eigenvalue weighted by molar-refractivity contribution is 7.89. The number of thiazole rings is 1. The molecular formula is C25H36N4O4S2. The molecule has 0 aliphatic carbocycles. The highest BCUT2D eigenvalue weighted by Crippen LogP contribution is 2.27. The van der Waals surface area contributed by atoms with Crippen molar-refractivity contribution in [1.29, 1.82) is 0 Å². The normalized spacial score (nSPS) is 18.7. The Kier molecular flexibility index (Phi) is 8.15. The molecule has 2 aromatic rings. The van der Waals surface area contributed by atoms with Crippen LogP contribution in [0.5, 0.6) is 5.19 Å². The summed E-state index contributed by atoms with van der Waals surface area (Å²) in [5, 5.41) is 2.67. The number of aryl methyl sites for hydroxylation is 2. The molecule has 2 fully saturated rings. The van der Waals surface area contributed by atoms with Gasteiger partial charge in [0.05, 0.1) is 11.4 Å². The standard InChI is InChI=1S/C25H36N4O4S2/c1-17-15-18(2)20(4)24(19(17)3)35(31,32)27-16-23(30)29-10-5-21(6-11-29)28-12-7-22(8-13-28)33-25-26-9-14-34-25/h9,14-15,21-22,27H,5-8,10-13,16H2,1-4H3. The van der Waals surface area contributed by atoms with Crippen molar-refractivity contribution >= 4 is 27.3 Å². The minimum absolute atomic E-state index is 0.165. The summed E-state index contributed by atoms with van der Waals surface area (Å²) < 4.78 is 34.6. The van der Waals surface area contributed by atoms with E-state index < -0.39 is 10.0 Å². The maximum Gasteiger partial charge on any atom is 0.273 e. The molecule has 10 heteroatoms. The summed E-state index contributed by atoms with van der Waals surface area (Å²) in [7, 11) is -3.77. The first-order valence-corrected chi connectivity index (χ1v) is 14.7. The zero-order valence-corrected chi connectivity index (χ0v) is 22.7. The summed E-state index contributed by atoms with van der Waals surface area (Å²) in [5.74, 6) is -0.165. The number of aromatic nitrogens is 1. The Balaban J connectivity index is 1.25. The monoisotopic (exact) mass is 520 g/mol. The maximum absolute atomic E-state index is 13.0. The number of carbonyl (C=O) groups excluding carboxylic acids is 1. The lowest BCUT2D eigenvalue weighted by atomic mass is 9.99. The van der Waals surface area contributed by atoms with E-state index >= 15 is 0 Å². The van der Waals surface area contributed by atoms with Gasteiger partial charge in [-0.15, -0.1) is 0 Å². The largest absolute Gasteiger partial charge is 0.467 e. The summed E-state index contributed by atoms with van der Waals surface area (Å²) in [6.07, 6.45) is 5.77. The summed E-state index contributed by atoms with van der Waals surface area (Å²) in [6, 6.07) is 2.45. The summed E-state index contributed by atoms with van der Waals surface area (Å²) in [5.41, 5.74) is 3.32. The van der Waals surface area contributed by atoms with Gasteiger partial charge < -0.3 is 9.64 Å². The quantitative estimate of drug-likeness (QED) is 0.603. The van der Waals surface area contributed by atoms with Gasteiger partial charge in [0.15, 0.2) is 0 Å². The molecule has 4 rings (SSSR count). The summed E-state index contributed by atoms with van der Waals surface area (Å²) in [6.45, 7) is 10.5. The van der Waals surface area contributed by atoms with Gasteiger partial charge >= 0.3 is 0 Å². The average molecular weight is 521 g/mol. The zero-order chi connectivity index (χ0) is 25.2. The number of hydrogen-bond donors (Lipinski definition) is 1. The number of amides is 1. The Morgan fingerprint density at radius 3 is 2.26 bits per heavy atom. The van der Waals surface area contributed by atoms with Crippen molar-refractivity contribution in [1.82, 2.24) is 19.5 Å². The molecule has 0 atom stereocenters. The molecular weight excluding hydrogens is 484 g/mol. The number of nitrogens with one attached hydrogen (secondary N) is 1. The molecule has 8 nitrogen and oxygen atoms in total. The van der Waals surface area contributed by atoms with Crippen LogP contribution in [-0.2, 0) is 14.8 Å². The number of nitrogens with zero attached hydrogens (tertiary/aromatic N) is 3. The number of hydrogen-bond acceptors (Lipinski definition) is 7. The molecule has 0 saturated carbocycles. The number of rotatable bonds is 7. The second-order valence-corrected chi connectivity index (χ2v) is 12.2. The van der Waals surface area contributed by atoms with Crippen LogP contribution in [0.2, 0.25) is 0 Å². The lowest BCUT2D eigenvalue weighted by Gasteiger charge is -2.41.